The van der Waals surface area contributed by atoms with E-state index in [4.69, 9.17) is 22.9 Å². The minimum atomic E-state index is -5.65. The van der Waals surface area contributed by atoms with Crippen LogP contribution in [0.3, 0.4) is 0 Å². The van der Waals surface area contributed by atoms with Crippen LogP contribution in [-0.4, -0.2) is 25.3 Å². The van der Waals surface area contributed by atoms with Crippen molar-refractivity contribution in [3.05, 3.63) is 82.8 Å². The van der Waals surface area contributed by atoms with Crippen molar-refractivity contribution in [1.29, 1.82) is 1.43 Å². The van der Waals surface area contributed by atoms with Crippen molar-refractivity contribution in [1.82, 2.24) is 0 Å². The second-order valence-electron chi connectivity index (χ2n) is 4.96. The van der Waals surface area contributed by atoms with Crippen molar-refractivity contribution in [3.63, 3.8) is 0 Å². The van der Waals surface area contributed by atoms with Gasteiger partial charge in [-0.05, 0) is 17.7 Å². The SMILES string of the molecule is [2H]OC(=O)c1ccc([C@@]2([2H])OC(N)=C(OS(=O)(=O)C([2H])([2H])c3c([2H])c([2H])c([2H])c([2H])c3[2H])C2=O)cc1. The van der Waals surface area contributed by atoms with E-state index in [1.807, 2.05) is 0 Å². The number of hydrogen-bond donors (Lipinski definition) is 2. The Morgan fingerprint density at radius 1 is 1.33 bits per heavy atom. The van der Waals surface area contributed by atoms with Crippen LogP contribution in [0.5, 0.6) is 0 Å². The zero-order valence-corrected chi connectivity index (χ0v) is 14.0. The first-order valence-electron chi connectivity index (χ1n) is 11.4. The number of ether oxygens (including phenoxy) is 1. The third-order valence-electron chi connectivity index (χ3n) is 3.15. The minimum absolute atomic E-state index is 0.116. The molecule has 0 amide bonds. The van der Waals surface area contributed by atoms with Gasteiger partial charge in [0.15, 0.2) is 6.08 Å². The van der Waals surface area contributed by atoms with Crippen LogP contribution in [0.4, 0.5) is 0 Å². The third kappa shape index (κ3) is 4.09. The average Bonchev–Trinajstić information content (AvgIpc) is 3.04. The van der Waals surface area contributed by atoms with Gasteiger partial charge < -0.3 is 19.8 Å². The number of carboxylic acid groups (broad SMARTS) is 1. The lowest BCUT2D eigenvalue weighted by Crippen LogP contribution is -2.16. The van der Waals surface area contributed by atoms with Gasteiger partial charge in [-0.3, -0.25) is 4.79 Å². The molecule has 1 heterocycles. The Labute approximate surface area is 167 Å². The molecule has 9 heteroatoms. The number of nitrogens with two attached hydrogens (primary N) is 1. The van der Waals surface area contributed by atoms with Gasteiger partial charge in [0.25, 0.3) is 1.43 Å². The summed E-state index contributed by atoms with van der Waals surface area (Å²) in [5.74, 6) is -4.81. The van der Waals surface area contributed by atoms with Crippen LogP contribution >= 0.6 is 0 Å². The predicted molar refractivity (Wildman–Crippen MR) is 93.6 cm³/mol. The Kier molecular flexibility index (Phi) is 2.67. The number of carbonyl (C=O) groups is 2. The fraction of sp³-hybridized carbons (Fsp3) is 0.111. The Morgan fingerprint density at radius 2 is 2.00 bits per heavy atom. The van der Waals surface area contributed by atoms with Gasteiger partial charge in [-0.1, -0.05) is 42.3 Å². The fourth-order valence-corrected chi connectivity index (χ4v) is 2.77. The standard InChI is InChI=1S/C18H15NO7S/c19-17-16(26-27(23,24)10-11-4-2-1-3-5-11)14(20)15(25-17)12-6-8-13(9-7-12)18(21)22/h1-9,15H,10,19H2,(H,21,22)/t15-/m1/s1/i1D,2D,3D,4D,5D,10D2,15D/hD. The lowest BCUT2D eigenvalue weighted by Gasteiger charge is -2.10. The number of benzene rings is 2. The highest BCUT2D eigenvalue weighted by atomic mass is 32.2. The molecule has 2 aromatic rings. The van der Waals surface area contributed by atoms with E-state index >= 15 is 0 Å². The normalized spacial score (nSPS) is 24.7. The van der Waals surface area contributed by atoms with Crippen LogP contribution in [0.1, 0.15) is 38.5 Å². The van der Waals surface area contributed by atoms with Crippen molar-refractivity contribution in [2.24, 2.45) is 5.73 Å². The monoisotopic (exact) mass is 398 g/mol. The highest BCUT2D eigenvalue weighted by Crippen LogP contribution is 2.32. The molecule has 27 heavy (non-hydrogen) atoms. The summed E-state index contributed by atoms with van der Waals surface area (Å²) >= 11 is 0. The van der Waals surface area contributed by atoms with Gasteiger partial charge in [0, 0.05) is 5.56 Å². The Bertz CT molecular complexity index is 1400. The van der Waals surface area contributed by atoms with Crippen LogP contribution in [0.15, 0.2) is 66.1 Å². The molecule has 3 N–H and O–H groups in total. The van der Waals surface area contributed by atoms with Gasteiger partial charge in [-0.2, -0.15) is 8.42 Å². The lowest BCUT2D eigenvalue weighted by atomic mass is 10.0. The molecule has 1 aliphatic rings. The van der Waals surface area contributed by atoms with E-state index in [0.29, 0.717) is 0 Å². The van der Waals surface area contributed by atoms with Gasteiger partial charge in [-0.25, -0.2) is 4.79 Å². The second-order valence-corrected chi connectivity index (χ2v) is 6.24. The molecule has 1 aliphatic heterocycles. The average molecular weight is 398 g/mol. The first-order chi connectivity index (χ1) is 16.5. The van der Waals surface area contributed by atoms with Gasteiger partial charge >= 0.3 is 16.1 Å². The molecule has 2 aromatic carbocycles. The number of carbonyl (C=O) groups excluding carboxylic acids is 1. The first kappa shape index (κ1) is 10.1. The van der Waals surface area contributed by atoms with Crippen molar-refractivity contribution >= 4 is 21.9 Å². The van der Waals surface area contributed by atoms with E-state index in [0.717, 1.165) is 24.3 Å². The molecule has 0 spiro atoms. The molecule has 8 nitrogen and oxygen atoms in total. The van der Waals surface area contributed by atoms with Crippen molar-refractivity contribution in [2.45, 2.75) is 11.8 Å². The van der Waals surface area contributed by atoms with Crippen LogP contribution < -0.4 is 5.73 Å². The van der Waals surface area contributed by atoms with E-state index < -0.39 is 81.1 Å². The molecule has 0 radical (unpaired) electrons. The van der Waals surface area contributed by atoms with E-state index in [-0.39, 0.29) is 11.1 Å². The van der Waals surface area contributed by atoms with Gasteiger partial charge in [0.05, 0.1) is 16.5 Å². The van der Waals surface area contributed by atoms with Crippen LogP contribution in [-0.2, 0) is 29.5 Å². The number of rotatable bonds is 6. The smallest absolute Gasteiger partial charge is 0.335 e. The fourth-order valence-electron chi connectivity index (χ4n) is 2.00. The summed E-state index contributed by atoms with van der Waals surface area (Å²) < 4.78 is 105. The maximum atomic E-state index is 12.9. The summed E-state index contributed by atoms with van der Waals surface area (Å²) in [7, 11) is -5.65. The summed E-state index contributed by atoms with van der Waals surface area (Å²) in [6, 6.07) is -0.925. The Hall–Kier alpha value is -3.33. The van der Waals surface area contributed by atoms with Gasteiger partial charge in [0.1, 0.15) is 5.70 Å². The first-order valence-corrected chi connectivity index (χ1v) is 8.45. The lowest BCUT2D eigenvalue weighted by molar-refractivity contribution is -0.123. The number of Topliss-reactive ketones (excluding diaryl/α,β-unsaturated/α-hetero) is 1. The number of carboxylic acids is 1. The number of aromatic carboxylic acids is 1. The summed E-state index contributed by atoms with van der Waals surface area (Å²) in [5.41, 5.74) is 0.133. The van der Waals surface area contributed by atoms with Crippen molar-refractivity contribution in [3.8, 4) is 0 Å². The molecule has 3 rings (SSSR count). The molecule has 0 saturated carbocycles. The van der Waals surface area contributed by atoms with Gasteiger partial charge in [0.2, 0.25) is 17.4 Å². The Morgan fingerprint density at radius 3 is 2.63 bits per heavy atom. The molecule has 140 valence electrons. The molecular weight excluding hydrogens is 374 g/mol. The highest BCUT2D eigenvalue weighted by molar-refractivity contribution is 7.86. The van der Waals surface area contributed by atoms with E-state index in [9.17, 15) is 18.0 Å². The second kappa shape index (κ2) is 7.12. The quantitative estimate of drug-likeness (QED) is 0.703. The van der Waals surface area contributed by atoms with E-state index in [1.165, 1.54) is 0 Å². The summed E-state index contributed by atoms with van der Waals surface area (Å²) in [5, 5.41) is 3.80. The summed E-state index contributed by atoms with van der Waals surface area (Å²) in [6.45, 7) is 0. The maximum absolute atomic E-state index is 12.9. The molecule has 0 aromatic heterocycles. The zero-order valence-electron chi connectivity index (χ0n) is 22.2. The molecule has 1 atom stereocenters. The zero-order chi connectivity index (χ0) is 27.4. The summed E-state index contributed by atoms with van der Waals surface area (Å²) in [4.78, 5) is 24.3. The largest absolute Gasteiger partial charge is 0.478 e. The minimum Gasteiger partial charge on any atom is -0.478 e. The topological polar surface area (TPSA) is 133 Å². The van der Waals surface area contributed by atoms with E-state index in [1.54, 1.807) is 0 Å². The third-order valence-corrected chi connectivity index (χ3v) is 3.99. The van der Waals surface area contributed by atoms with E-state index in [2.05, 4.69) is 9.29 Å². The Balaban J connectivity index is 2.00. The van der Waals surface area contributed by atoms with Crippen molar-refractivity contribution in [2.75, 3.05) is 0 Å². The molecule has 0 aliphatic carbocycles. The molecule has 0 unspecified atom stereocenters. The molecule has 0 fully saturated rings. The molecule has 0 bridgehead atoms. The predicted octanol–water partition coefficient (Wildman–Crippen LogP) is 1.70. The molecule has 0 saturated heterocycles. The number of hydrogen-bond acceptors (Lipinski definition) is 8. The van der Waals surface area contributed by atoms with Crippen LogP contribution in [0, 0.1) is 0 Å². The molecular formula is C18H15NO7S. The van der Waals surface area contributed by atoms with Gasteiger partial charge in [-0.15, -0.1) is 0 Å². The van der Waals surface area contributed by atoms with Crippen molar-refractivity contribution < 1.29 is 43.0 Å². The highest BCUT2D eigenvalue weighted by Gasteiger charge is 2.39. The number of ketones is 1. The van der Waals surface area contributed by atoms with Crippen LogP contribution in [0.25, 0.3) is 1.43 Å². The van der Waals surface area contributed by atoms with Crippen LogP contribution in [0.2, 0.25) is 0 Å². The maximum Gasteiger partial charge on any atom is 0.335 e. The summed E-state index contributed by atoms with van der Waals surface area (Å²) in [6.07, 6.45) is -2.71.